The molecule has 0 aromatic heterocycles. The number of aliphatic hydroxyl groups excluding tert-OH is 2. The number of carbonyl (C=O) groups is 2. The minimum absolute atomic E-state index is 0.257. The van der Waals surface area contributed by atoms with Crippen molar-refractivity contribution >= 4 is 22.3 Å². The first-order chi connectivity index (χ1) is 10.4. The second-order valence-corrected chi connectivity index (χ2v) is 4.58. The molecule has 2 atom stereocenters. The molecule has 12 nitrogen and oxygen atoms in total. The van der Waals surface area contributed by atoms with Gasteiger partial charge in [0, 0.05) is 0 Å². The molecule has 13 heteroatoms. The molecule has 0 heterocycles. The molecule has 0 saturated heterocycles. The minimum atomic E-state index is -4.67. The van der Waals surface area contributed by atoms with Gasteiger partial charge in [0.1, 0.15) is 0 Å². The lowest BCUT2D eigenvalue weighted by molar-refractivity contribution is -0.151. The topological polar surface area (TPSA) is 220 Å². The van der Waals surface area contributed by atoms with Crippen LogP contribution >= 0.6 is 0 Å². The molecule has 0 aliphatic rings. The van der Waals surface area contributed by atoms with Crippen molar-refractivity contribution in [1.82, 2.24) is 0 Å². The van der Waals surface area contributed by atoms with Crippen molar-refractivity contribution < 1.29 is 46.8 Å². The Labute approximate surface area is 133 Å². The summed E-state index contributed by atoms with van der Waals surface area (Å²) in [5, 5.41) is 17.5. The molecule has 0 unspecified atom stereocenters. The van der Waals surface area contributed by atoms with E-state index in [1.54, 1.807) is 0 Å². The van der Waals surface area contributed by atoms with Crippen molar-refractivity contribution in [3.63, 3.8) is 0 Å². The van der Waals surface area contributed by atoms with E-state index in [4.69, 9.17) is 39.2 Å². The number of ether oxygens (including phenoxy) is 2. The van der Waals surface area contributed by atoms with Gasteiger partial charge in [-0.05, 0) is 25.9 Å². The van der Waals surface area contributed by atoms with Crippen molar-refractivity contribution in [2.75, 3.05) is 27.3 Å². The SMILES string of the molecule is COC(=O)[C@@H](O)CCN.COC(=O)[C@@H](O)CCN.O=S(=O)(O)O. The first-order valence-corrected chi connectivity index (χ1v) is 7.46. The van der Waals surface area contributed by atoms with Gasteiger partial charge in [-0.1, -0.05) is 0 Å². The fourth-order valence-electron chi connectivity index (χ4n) is 0.824. The Morgan fingerprint density at radius 3 is 1.26 bits per heavy atom. The van der Waals surface area contributed by atoms with Gasteiger partial charge >= 0.3 is 22.3 Å². The quantitative estimate of drug-likeness (QED) is 0.206. The van der Waals surface area contributed by atoms with Gasteiger partial charge in [0.25, 0.3) is 0 Å². The molecule has 140 valence electrons. The van der Waals surface area contributed by atoms with Crippen LogP contribution in [0.4, 0.5) is 0 Å². The van der Waals surface area contributed by atoms with Gasteiger partial charge in [-0.3, -0.25) is 9.11 Å². The van der Waals surface area contributed by atoms with Crippen LogP contribution in [0, 0.1) is 0 Å². The maximum Gasteiger partial charge on any atom is 0.394 e. The first kappa shape index (κ1) is 26.5. The first-order valence-electron chi connectivity index (χ1n) is 6.06. The molecule has 0 fully saturated rings. The standard InChI is InChI=1S/2C5H11NO3.H2O4S/c2*1-9-5(8)4(7)2-3-6;1-5(2,3)4/h2*4,7H,2-3,6H2,1H3;(H2,1,2,3,4)/t2*4-;/m00./s1. The molecule has 0 aliphatic carbocycles. The molecule has 0 aromatic rings. The molecule has 0 rings (SSSR count). The van der Waals surface area contributed by atoms with E-state index in [1.807, 2.05) is 0 Å². The van der Waals surface area contributed by atoms with E-state index in [0.29, 0.717) is 0 Å². The van der Waals surface area contributed by atoms with E-state index in [-0.39, 0.29) is 25.9 Å². The normalized spacial score (nSPS) is 12.5. The van der Waals surface area contributed by atoms with Crippen LogP contribution in [0.2, 0.25) is 0 Å². The molecule has 0 aromatic carbocycles. The van der Waals surface area contributed by atoms with Crippen molar-refractivity contribution in [2.45, 2.75) is 25.0 Å². The van der Waals surface area contributed by atoms with Crippen LogP contribution in [-0.2, 0) is 29.5 Å². The van der Waals surface area contributed by atoms with Crippen LogP contribution in [0.3, 0.4) is 0 Å². The van der Waals surface area contributed by atoms with E-state index < -0.39 is 34.5 Å². The number of nitrogens with two attached hydrogens (primary N) is 2. The maximum atomic E-state index is 10.4. The Bertz CT molecular complexity index is 382. The van der Waals surface area contributed by atoms with Crippen LogP contribution < -0.4 is 11.5 Å². The van der Waals surface area contributed by atoms with E-state index in [0.717, 1.165) is 0 Å². The Hall–Kier alpha value is -1.35. The van der Waals surface area contributed by atoms with E-state index in [9.17, 15) is 9.59 Å². The highest BCUT2D eigenvalue weighted by Crippen LogP contribution is 1.91. The summed E-state index contributed by atoms with van der Waals surface area (Å²) in [6, 6.07) is 0. The predicted octanol–water partition coefficient (Wildman–Crippen LogP) is -2.91. The van der Waals surface area contributed by atoms with Crippen LogP contribution in [0.25, 0.3) is 0 Å². The number of hydrogen-bond donors (Lipinski definition) is 6. The second-order valence-electron chi connectivity index (χ2n) is 3.68. The maximum absolute atomic E-state index is 10.4. The van der Waals surface area contributed by atoms with E-state index in [1.165, 1.54) is 14.2 Å². The molecule has 0 amide bonds. The van der Waals surface area contributed by atoms with Crippen molar-refractivity contribution in [1.29, 1.82) is 0 Å². The van der Waals surface area contributed by atoms with Gasteiger partial charge in [0.15, 0.2) is 12.2 Å². The number of methoxy groups -OCH3 is 2. The third-order valence-corrected chi connectivity index (χ3v) is 1.83. The fraction of sp³-hybridized carbons (Fsp3) is 0.800. The zero-order chi connectivity index (χ0) is 19.1. The van der Waals surface area contributed by atoms with Gasteiger partial charge in [-0.15, -0.1) is 0 Å². The number of esters is 2. The summed E-state index contributed by atoms with van der Waals surface area (Å²) >= 11 is 0. The minimum Gasteiger partial charge on any atom is -0.467 e. The van der Waals surface area contributed by atoms with Crippen molar-refractivity contribution in [3.05, 3.63) is 0 Å². The highest BCUT2D eigenvalue weighted by molar-refractivity contribution is 7.79. The summed E-state index contributed by atoms with van der Waals surface area (Å²) in [5.41, 5.74) is 10.1. The third-order valence-electron chi connectivity index (χ3n) is 1.83. The van der Waals surface area contributed by atoms with E-state index in [2.05, 4.69) is 9.47 Å². The zero-order valence-electron chi connectivity index (χ0n) is 12.8. The number of hydrogen-bond acceptors (Lipinski definition) is 10. The van der Waals surface area contributed by atoms with Crippen LogP contribution in [0.15, 0.2) is 0 Å². The Morgan fingerprint density at radius 2 is 1.13 bits per heavy atom. The molecular weight excluding hydrogens is 340 g/mol. The van der Waals surface area contributed by atoms with Gasteiger partial charge in [0.05, 0.1) is 14.2 Å². The summed E-state index contributed by atoms with van der Waals surface area (Å²) in [6.07, 6.45) is -1.60. The molecular formula is C10H24N2O10S. The molecule has 0 aliphatic heterocycles. The lowest BCUT2D eigenvalue weighted by Crippen LogP contribution is -2.24. The largest absolute Gasteiger partial charge is 0.467 e. The second kappa shape index (κ2) is 15.5. The summed E-state index contributed by atoms with van der Waals surface area (Å²) in [4.78, 5) is 20.7. The zero-order valence-corrected chi connectivity index (χ0v) is 13.6. The Balaban J connectivity index is -0.000000273. The predicted molar refractivity (Wildman–Crippen MR) is 77.6 cm³/mol. The van der Waals surface area contributed by atoms with Gasteiger partial charge < -0.3 is 31.2 Å². The summed E-state index contributed by atoms with van der Waals surface area (Å²) in [7, 11) is -2.22. The van der Waals surface area contributed by atoms with Crippen molar-refractivity contribution in [2.24, 2.45) is 11.5 Å². The highest BCUT2D eigenvalue weighted by Gasteiger charge is 2.13. The molecule has 0 bridgehead atoms. The summed E-state index contributed by atoms with van der Waals surface area (Å²) < 4.78 is 40.0. The monoisotopic (exact) mass is 364 g/mol. The molecule has 8 N–H and O–H groups in total. The number of carbonyl (C=O) groups excluding carboxylic acids is 2. The highest BCUT2D eigenvalue weighted by atomic mass is 32.3. The molecule has 23 heavy (non-hydrogen) atoms. The van der Waals surface area contributed by atoms with Crippen LogP contribution in [0.5, 0.6) is 0 Å². The molecule has 0 spiro atoms. The van der Waals surface area contributed by atoms with Gasteiger partial charge in [-0.25, -0.2) is 9.59 Å². The third kappa shape index (κ3) is 25.9. The Kier molecular flexibility index (Phi) is 17.9. The van der Waals surface area contributed by atoms with Crippen molar-refractivity contribution in [3.8, 4) is 0 Å². The number of aliphatic hydroxyl groups is 2. The molecule has 0 saturated carbocycles. The van der Waals surface area contributed by atoms with Gasteiger partial charge in [0.2, 0.25) is 0 Å². The molecule has 0 radical (unpaired) electrons. The van der Waals surface area contributed by atoms with Crippen LogP contribution in [0.1, 0.15) is 12.8 Å². The average molecular weight is 364 g/mol. The summed E-state index contributed by atoms with van der Waals surface area (Å²) in [6.45, 7) is 0.576. The lowest BCUT2D eigenvalue weighted by atomic mass is 10.2. The van der Waals surface area contributed by atoms with Crippen LogP contribution in [-0.4, -0.2) is 79.2 Å². The number of rotatable bonds is 6. The van der Waals surface area contributed by atoms with Gasteiger partial charge in [-0.2, -0.15) is 8.42 Å². The smallest absolute Gasteiger partial charge is 0.394 e. The lowest BCUT2D eigenvalue weighted by Gasteiger charge is -2.04. The van der Waals surface area contributed by atoms with E-state index >= 15 is 0 Å². The Morgan fingerprint density at radius 1 is 0.913 bits per heavy atom. The summed E-state index contributed by atoms with van der Waals surface area (Å²) in [5.74, 6) is -1.25. The average Bonchev–Trinajstić information content (AvgIpc) is 2.44. The fourth-order valence-corrected chi connectivity index (χ4v) is 0.824.